The molecule has 16 nitrogen and oxygen atoms in total. The number of rotatable bonds is 10. The first-order chi connectivity index (χ1) is 22.7. The third-order valence-electron chi connectivity index (χ3n) is 8.98. The molecule has 7 atom stereocenters. The highest BCUT2D eigenvalue weighted by molar-refractivity contribution is 6.31. The van der Waals surface area contributed by atoms with Crippen LogP contribution in [0.3, 0.4) is 0 Å². The standard InChI is InChI=1S/C32H38N4O12/c1-13-27(40)17(33)9-22(47-13)48-19-11-32(45,20(12-37)35-36-21(39)7-8-34-14(2)38)10-16-24(19)31(44)26-25(29(16)42)28(41)15-5-4-6-18(46-3)23(15)30(26)43/h4-6,12-13,17,19-20,22,27,35,40,42,44-45H,7-11,33H2,1-3H3,(H,34,38)(H,36,39). The Bertz CT molecular complexity index is 1650. The molecule has 16 heteroatoms. The maximum absolute atomic E-state index is 13.9. The van der Waals surface area contributed by atoms with Crippen LogP contribution in [0.15, 0.2) is 18.2 Å². The number of fused-ring (bicyclic) bond motifs is 3. The van der Waals surface area contributed by atoms with Gasteiger partial charge in [-0.05, 0) is 13.0 Å². The molecule has 0 radical (unpaired) electrons. The summed E-state index contributed by atoms with van der Waals surface area (Å²) in [5.41, 5.74) is 7.26. The molecule has 0 aromatic heterocycles. The van der Waals surface area contributed by atoms with Gasteiger partial charge in [0, 0.05) is 61.9 Å². The number of aldehydes is 1. The Balaban J connectivity index is 1.57. The van der Waals surface area contributed by atoms with E-state index in [9.17, 15) is 44.4 Å². The van der Waals surface area contributed by atoms with E-state index < -0.39 is 95.2 Å². The zero-order valence-corrected chi connectivity index (χ0v) is 26.4. The number of hydrogen-bond donors (Lipinski definition) is 8. The van der Waals surface area contributed by atoms with E-state index in [1.807, 2.05) is 0 Å². The quantitative estimate of drug-likeness (QED) is 0.0743. The number of phenolic OH excluding ortho intramolecular Hbond substituents is 2. The summed E-state index contributed by atoms with van der Waals surface area (Å²) in [6.07, 6.45) is -5.10. The van der Waals surface area contributed by atoms with Gasteiger partial charge in [-0.25, -0.2) is 5.43 Å². The fourth-order valence-corrected chi connectivity index (χ4v) is 6.52. The van der Waals surface area contributed by atoms with Crippen molar-refractivity contribution in [3.05, 3.63) is 51.6 Å². The number of hydrogen-bond acceptors (Lipinski definition) is 14. The second kappa shape index (κ2) is 13.6. The van der Waals surface area contributed by atoms with E-state index in [1.54, 1.807) is 6.92 Å². The summed E-state index contributed by atoms with van der Waals surface area (Å²) in [7, 11) is 1.31. The number of ketones is 2. The Hall–Kier alpha value is -4.45. The molecular formula is C32H38N4O12. The average molecular weight is 671 g/mol. The van der Waals surface area contributed by atoms with Crippen LogP contribution in [-0.4, -0.2) is 99.9 Å². The van der Waals surface area contributed by atoms with Crippen LogP contribution in [0.25, 0.3) is 0 Å². The summed E-state index contributed by atoms with van der Waals surface area (Å²) >= 11 is 0. The van der Waals surface area contributed by atoms with Crippen molar-refractivity contribution in [2.24, 2.45) is 5.73 Å². The van der Waals surface area contributed by atoms with Crippen LogP contribution in [0.2, 0.25) is 0 Å². The molecule has 5 rings (SSSR count). The molecule has 0 saturated carbocycles. The van der Waals surface area contributed by atoms with Crippen molar-refractivity contribution in [2.75, 3.05) is 13.7 Å². The second-order valence-electron chi connectivity index (χ2n) is 12.2. The molecule has 0 bridgehead atoms. The van der Waals surface area contributed by atoms with Crippen LogP contribution in [0.5, 0.6) is 17.2 Å². The lowest BCUT2D eigenvalue weighted by Gasteiger charge is -2.44. The lowest BCUT2D eigenvalue weighted by Crippen LogP contribution is -2.60. The van der Waals surface area contributed by atoms with Crippen LogP contribution < -0.4 is 26.6 Å². The highest BCUT2D eigenvalue weighted by Crippen LogP contribution is 2.52. The van der Waals surface area contributed by atoms with E-state index in [0.717, 1.165) is 0 Å². The number of benzene rings is 2. The first-order valence-corrected chi connectivity index (χ1v) is 15.3. The van der Waals surface area contributed by atoms with Crippen molar-refractivity contribution >= 4 is 29.7 Å². The molecule has 2 aliphatic carbocycles. The van der Waals surface area contributed by atoms with Crippen molar-refractivity contribution in [3.63, 3.8) is 0 Å². The number of nitrogens with one attached hydrogen (secondary N) is 3. The lowest BCUT2D eigenvalue weighted by atomic mass is 9.71. The molecule has 48 heavy (non-hydrogen) atoms. The fourth-order valence-electron chi connectivity index (χ4n) is 6.52. The second-order valence-corrected chi connectivity index (χ2v) is 12.2. The number of amides is 2. The molecule has 3 aliphatic rings. The number of carbonyl (C=O) groups excluding carboxylic acids is 5. The largest absolute Gasteiger partial charge is 0.507 e. The highest BCUT2D eigenvalue weighted by atomic mass is 16.7. The Labute approximate surface area is 274 Å². The molecule has 1 fully saturated rings. The van der Waals surface area contributed by atoms with Crippen molar-refractivity contribution in [1.29, 1.82) is 0 Å². The lowest BCUT2D eigenvalue weighted by molar-refractivity contribution is -0.248. The number of methoxy groups -OCH3 is 1. The van der Waals surface area contributed by atoms with Crippen LogP contribution in [-0.2, 0) is 30.3 Å². The maximum Gasteiger partial charge on any atom is 0.235 e. The van der Waals surface area contributed by atoms with Gasteiger partial charge in [0.2, 0.25) is 17.6 Å². The highest BCUT2D eigenvalue weighted by Gasteiger charge is 2.50. The molecule has 0 spiro atoms. The fraction of sp³-hybridized carbons (Fsp3) is 0.469. The Morgan fingerprint density at radius 1 is 1.17 bits per heavy atom. The van der Waals surface area contributed by atoms with E-state index in [0.29, 0.717) is 6.29 Å². The number of aliphatic hydroxyl groups excluding tert-OH is 1. The minimum absolute atomic E-state index is 0.0127. The average Bonchev–Trinajstić information content (AvgIpc) is 3.03. The van der Waals surface area contributed by atoms with Gasteiger partial charge < -0.3 is 50.5 Å². The van der Waals surface area contributed by atoms with Gasteiger partial charge in [-0.15, -0.1) is 0 Å². The van der Waals surface area contributed by atoms with Crippen LogP contribution in [0.1, 0.15) is 82.2 Å². The van der Waals surface area contributed by atoms with Gasteiger partial charge in [0.15, 0.2) is 12.1 Å². The monoisotopic (exact) mass is 670 g/mol. The van der Waals surface area contributed by atoms with E-state index in [4.69, 9.17) is 19.9 Å². The summed E-state index contributed by atoms with van der Waals surface area (Å²) in [5.74, 6) is -3.88. The van der Waals surface area contributed by atoms with Crippen molar-refractivity contribution < 1.29 is 58.6 Å². The van der Waals surface area contributed by atoms with Crippen LogP contribution >= 0.6 is 0 Å². The van der Waals surface area contributed by atoms with E-state index in [2.05, 4.69) is 16.2 Å². The number of aromatic hydroxyl groups is 2. The summed E-state index contributed by atoms with van der Waals surface area (Å²) in [4.78, 5) is 63.5. The predicted molar refractivity (Wildman–Crippen MR) is 164 cm³/mol. The van der Waals surface area contributed by atoms with Gasteiger partial charge >= 0.3 is 0 Å². The third kappa shape index (κ3) is 6.25. The van der Waals surface area contributed by atoms with E-state index in [1.165, 1.54) is 32.2 Å². The smallest absolute Gasteiger partial charge is 0.235 e. The van der Waals surface area contributed by atoms with Crippen molar-refractivity contribution in [3.8, 4) is 17.2 Å². The first kappa shape index (κ1) is 34.9. The maximum atomic E-state index is 13.9. The van der Waals surface area contributed by atoms with Gasteiger partial charge in [-0.2, -0.15) is 0 Å². The van der Waals surface area contributed by atoms with Gasteiger partial charge in [0.1, 0.15) is 29.6 Å². The predicted octanol–water partition coefficient (Wildman–Crippen LogP) is -0.846. The normalized spacial score (nSPS) is 26.8. The summed E-state index contributed by atoms with van der Waals surface area (Å²) in [5, 5.41) is 48.1. The van der Waals surface area contributed by atoms with Gasteiger partial charge in [0.05, 0.1) is 47.7 Å². The minimum atomic E-state index is -2.13. The molecule has 7 unspecified atom stereocenters. The van der Waals surface area contributed by atoms with Crippen molar-refractivity contribution in [2.45, 2.75) is 81.8 Å². The Morgan fingerprint density at radius 2 is 1.88 bits per heavy atom. The number of ether oxygens (including phenoxy) is 3. The minimum Gasteiger partial charge on any atom is -0.507 e. The van der Waals surface area contributed by atoms with Gasteiger partial charge in [-0.3, -0.25) is 24.6 Å². The number of hydrazine groups is 1. The number of carbonyl (C=O) groups is 5. The number of aliphatic hydroxyl groups is 2. The molecule has 9 N–H and O–H groups in total. The van der Waals surface area contributed by atoms with Gasteiger partial charge in [0.25, 0.3) is 0 Å². The molecule has 2 amide bonds. The SMILES string of the molecule is COc1cccc2c1C(=O)c1c(O)c3c(c(O)c1C2=O)CC(O)(C(C=O)NNC(=O)CCNC(C)=O)CC3OC1CC(N)C(O)C(C)O1. The van der Waals surface area contributed by atoms with E-state index >= 15 is 0 Å². The molecule has 2 aromatic rings. The summed E-state index contributed by atoms with van der Waals surface area (Å²) < 4.78 is 17.3. The van der Waals surface area contributed by atoms with Crippen LogP contribution in [0, 0.1) is 0 Å². The molecule has 1 aliphatic heterocycles. The topological polar surface area (TPSA) is 256 Å². The zero-order valence-electron chi connectivity index (χ0n) is 26.4. The molecule has 258 valence electrons. The van der Waals surface area contributed by atoms with Crippen LogP contribution in [0.4, 0.5) is 0 Å². The number of phenols is 2. The first-order valence-electron chi connectivity index (χ1n) is 15.3. The third-order valence-corrected chi connectivity index (χ3v) is 8.98. The Kier molecular flexibility index (Phi) is 9.87. The van der Waals surface area contributed by atoms with Gasteiger partial charge in [-0.1, -0.05) is 12.1 Å². The van der Waals surface area contributed by atoms with E-state index in [-0.39, 0.29) is 53.3 Å². The molecule has 1 saturated heterocycles. The number of nitrogens with two attached hydrogens (primary N) is 1. The molecule has 2 aromatic carbocycles. The molecule has 1 heterocycles. The molecular weight excluding hydrogens is 632 g/mol. The summed E-state index contributed by atoms with van der Waals surface area (Å²) in [6.45, 7) is 2.87. The Morgan fingerprint density at radius 3 is 2.52 bits per heavy atom. The zero-order chi connectivity index (χ0) is 35.1. The summed E-state index contributed by atoms with van der Waals surface area (Å²) in [6, 6.07) is 2.03. The van der Waals surface area contributed by atoms with Crippen molar-refractivity contribution in [1.82, 2.24) is 16.2 Å².